The molecule has 0 saturated heterocycles. The maximum absolute atomic E-state index is 3.80. The number of hydrogen-bond donors (Lipinski definition) is 1. The van der Waals surface area contributed by atoms with Gasteiger partial charge in [0.05, 0.1) is 0 Å². The molecule has 0 aromatic carbocycles. The molecule has 0 amide bonds. The predicted molar refractivity (Wildman–Crippen MR) is 70.6 cm³/mol. The fourth-order valence-electron chi connectivity index (χ4n) is 3.39. The zero-order valence-corrected chi connectivity index (χ0v) is 11.0. The van der Waals surface area contributed by atoms with Crippen LogP contribution < -0.4 is 5.32 Å². The highest BCUT2D eigenvalue weighted by Crippen LogP contribution is 2.34. The van der Waals surface area contributed by atoms with E-state index in [1.807, 2.05) is 0 Å². The maximum Gasteiger partial charge on any atom is 0.00954 e. The molecule has 1 unspecified atom stereocenters. The standard InChI is InChI=1S/C15H29N/c1-2-12-16-15(14-8-5-9-14)11-10-13-6-3-4-7-13/h13-16H,2-12H2,1H3. The molecule has 2 rings (SSSR count). The van der Waals surface area contributed by atoms with Crippen LogP contribution in [0.3, 0.4) is 0 Å². The minimum absolute atomic E-state index is 0.856. The molecule has 0 radical (unpaired) electrons. The summed E-state index contributed by atoms with van der Waals surface area (Å²) in [5.74, 6) is 2.10. The van der Waals surface area contributed by atoms with E-state index in [4.69, 9.17) is 0 Å². The van der Waals surface area contributed by atoms with E-state index in [9.17, 15) is 0 Å². The van der Waals surface area contributed by atoms with Crippen LogP contribution in [0.1, 0.15) is 71.1 Å². The third-order valence-corrected chi connectivity index (χ3v) is 4.74. The third-order valence-electron chi connectivity index (χ3n) is 4.74. The predicted octanol–water partition coefficient (Wildman–Crippen LogP) is 4.13. The molecular weight excluding hydrogens is 194 g/mol. The number of nitrogens with one attached hydrogen (secondary N) is 1. The average molecular weight is 223 g/mol. The molecule has 1 heteroatoms. The zero-order chi connectivity index (χ0) is 11.2. The highest BCUT2D eigenvalue weighted by Gasteiger charge is 2.27. The lowest BCUT2D eigenvalue weighted by Gasteiger charge is -2.35. The first-order valence-corrected chi connectivity index (χ1v) is 7.63. The van der Waals surface area contributed by atoms with Crippen LogP contribution in [0.25, 0.3) is 0 Å². The summed E-state index contributed by atoms with van der Waals surface area (Å²) in [5, 5.41) is 3.80. The molecule has 0 aromatic rings. The highest BCUT2D eigenvalue weighted by molar-refractivity contribution is 4.83. The topological polar surface area (TPSA) is 12.0 Å². The van der Waals surface area contributed by atoms with Crippen molar-refractivity contribution in [1.82, 2.24) is 5.32 Å². The van der Waals surface area contributed by atoms with Gasteiger partial charge in [-0.2, -0.15) is 0 Å². The first-order valence-electron chi connectivity index (χ1n) is 7.63. The molecule has 94 valence electrons. The number of rotatable bonds is 7. The lowest BCUT2D eigenvalue weighted by molar-refractivity contribution is 0.210. The molecule has 2 aliphatic carbocycles. The maximum atomic E-state index is 3.80. The van der Waals surface area contributed by atoms with E-state index in [2.05, 4.69) is 12.2 Å². The lowest BCUT2D eigenvalue weighted by Crippen LogP contribution is -2.40. The first-order chi connectivity index (χ1) is 7.90. The second-order valence-corrected chi connectivity index (χ2v) is 5.98. The highest BCUT2D eigenvalue weighted by atomic mass is 14.9. The van der Waals surface area contributed by atoms with Crippen molar-refractivity contribution in [2.24, 2.45) is 11.8 Å². The van der Waals surface area contributed by atoms with E-state index in [-0.39, 0.29) is 0 Å². The molecule has 16 heavy (non-hydrogen) atoms. The van der Waals surface area contributed by atoms with Gasteiger partial charge in [0.15, 0.2) is 0 Å². The van der Waals surface area contributed by atoms with Crippen molar-refractivity contribution in [3.05, 3.63) is 0 Å². The van der Waals surface area contributed by atoms with Gasteiger partial charge in [0.2, 0.25) is 0 Å². The van der Waals surface area contributed by atoms with Crippen molar-refractivity contribution < 1.29 is 0 Å². The fourth-order valence-corrected chi connectivity index (χ4v) is 3.39. The van der Waals surface area contributed by atoms with Crippen LogP contribution in [-0.2, 0) is 0 Å². The minimum atomic E-state index is 0.856. The Hall–Kier alpha value is -0.0400. The van der Waals surface area contributed by atoms with Gasteiger partial charge < -0.3 is 5.32 Å². The van der Waals surface area contributed by atoms with Gasteiger partial charge >= 0.3 is 0 Å². The van der Waals surface area contributed by atoms with Crippen molar-refractivity contribution in [1.29, 1.82) is 0 Å². The van der Waals surface area contributed by atoms with Crippen molar-refractivity contribution in [2.45, 2.75) is 77.2 Å². The quantitative estimate of drug-likeness (QED) is 0.684. The van der Waals surface area contributed by atoms with Crippen LogP contribution in [0.5, 0.6) is 0 Å². The van der Waals surface area contributed by atoms with Crippen LogP contribution in [-0.4, -0.2) is 12.6 Å². The smallest absolute Gasteiger partial charge is 0.00954 e. The van der Waals surface area contributed by atoms with Crippen LogP contribution in [0.4, 0.5) is 0 Å². The van der Waals surface area contributed by atoms with Crippen LogP contribution >= 0.6 is 0 Å². The molecule has 0 bridgehead atoms. The molecule has 2 fully saturated rings. The Bertz CT molecular complexity index is 180. The van der Waals surface area contributed by atoms with E-state index in [1.165, 1.54) is 70.8 Å². The molecule has 0 heterocycles. The van der Waals surface area contributed by atoms with E-state index >= 15 is 0 Å². The van der Waals surface area contributed by atoms with Crippen molar-refractivity contribution in [3.8, 4) is 0 Å². The summed E-state index contributed by atoms with van der Waals surface area (Å²) in [5.41, 5.74) is 0. The van der Waals surface area contributed by atoms with E-state index in [1.54, 1.807) is 0 Å². The normalized spacial score (nSPS) is 24.6. The van der Waals surface area contributed by atoms with E-state index < -0.39 is 0 Å². The summed E-state index contributed by atoms with van der Waals surface area (Å²) in [6.45, 7) is 3.51. The zero-order valence-electron chi connectivity index (χ0n) is 11.0. The minimum Gasteiger partial charge on any atom is -0.314 e. The SMILES string of the molecule is CCCNC(CCC1CCCC1)C1CCC1. The van der Waals surface area contributed by atoms with Crippen LogP contribution in [0.2, 0.25) is 0 Å². The third kappa shape index (κ3) is 3.48. The Morgan fingerprint density at radius 1 is 1.06 bits per heavy atom. The van der Waals surface area contributed by atoms with Gasteiger partial charge in [0, 0.05) is 6.04 Å². The fraction of sp³-hybridized carbons (Fsp3) is 1.00. The molecule has 1 N–H and O–H groups in total. The molecule has 1 atom stereocenters. The lowest BCUT2D eigenvalue weighted by atomic mass is 9.77. The molecule has 2 aliphatic rings. The van der Waals surface area contributed by atoms with Gasteiger partial charge in [-0.1, -0.05) is 39.0 Å². The second-order valence-electron chi connectivity index (χ2n) is 5.98. The molecular formula is C15H29N. The van der Waals surface area contributed by atoms with Gasteiger partial charge in [-0.3, -0.25) is 0 Å². The van der Waals surface area contributed by atoms with Crippen molar-refractivity contribution in [2.75, 3.05) is 6.54 Å². The molecule has 1 nitrogen and oxygen atoms in total. The second kappa shape index (κ2) is 6.64. The largest absolute Gasteiger partial charge is 0.314 e. The summed E-state index contributed by atoms with van der Waals surface area (Å²) in [7, 11) is 0. The summed E-state index contributed by atoms with van der Waals surface area (Å²) in [6, 6.07) is 0.856. The van der Waals surface area contributed by atoms with Gasteiger partial charge in [-0.05, 0) is 50.5 Å². The van der Waals surface area contributed by atoms with Crippen LogP contribution in [0, 0.1) is 11.8 Å². The summed E-state index contributed by atoms with van der Waals surface area (Å²) >= 11 is 0. The van der Waals surface area contributed by atoms with Gasteiger partial charge in [-0.15, -0.1) is 0 Å². The Morgan fingerprint density at radius 2 is 1.81 bits per heavy atom. The van der Waals surface area contributed by atoms with E-state index in [0.717, 1.165) is 17.9 Å². The van der Waals surface area contributed by atoms with Crippen LogP contribution in [0.15, 0.2) is 0 Å². The van der Waals surface area contributed by atoms with Crippen molar-refractivity contribution in [3.63, 3.8) is 0 Å². The Morgan fingerprint density at radius 3 is 2.38 bits per heavy atom. The summed E-state index contributed by atoms with van der Waals surface area (Å²) in [6.07, 6.45) is 14.7. The van der Waals surface area contributed by atoms with Gasteiger partial charge in [0.1, 0.15) is 0 Å². The Balaban J connectivity index is 1.67. The molecule has 0 aromatic heterocycles. The monoisotopic (exact) mass is 223 g/mol. The summed E-state index contributed by atoms with van der Waals surface area (Å²) in [4.78, 5) is 0. The Labute approximate surface area is 101 Å². The molecule has 0 spiro atoms. The average Bonchev–Trinajstić information content (AvgIpc) is 2.72. The van der Waals surface area contributed by atoms with Crippen molar-refractivity contribution >= 4 is 0 Å². The van der Waals surface area contributed by atoms with E-state index in [0.29, 0.717) is 0 Å². The first kappa shape index (κ1) is 12.4. The Kier molecular flexibility index (Phi) is 5.15. The summed E-state index contributed by atoms with van der Waals surface area (Å²) < 4.78 is 0. The number of hydrogen-bond acceptors (Lipinski definition) is 1. The van der Waals surface area contributed by atoms with Gasteiger partial charge in [-0.25, -0.2) is 0 Å². The molecule has 0 aliphatic heterocycles. The van der Waals surface area contributed by atoms with Gasteiger partial charge in [0.25, 0.3) is 0 Å². The molecule has 2 saturated carbocycles.